The van der Waals surface area contributed by atoms with E-state index in [-0.39, 0.29) is 0 Å². The summed E-state index contributed by atoms with van der Waals surface area (Å²) in [6.45, 7) is 8.59. The van der Waals surface area contributed by atoms with E-state index in [9.17, 15) is 0 Å². The fraction of sp³-hybridized carbons (Fsp3) is 0.667. The molecule has 1 fully saturated rings. The number of hydrogen-bond acceptors (Lipinski definition) is 2. The van der Waals surface area contributed by atoms with Crippen LogP contribution in [0.3, 0.4) is 0 Å². The lowest BCUT2D eigenvalue weighted by molar-refractivity contribution is 0.0912. The maximum absolute atomic E-state index is 6.15. The summed E-state index contributed by atoms with van der Waals surface area (Å²) in [7, 11) is 0. The van der Waals surface area contributed by atoms with Crippen molar-refractivity contribution in [2.75, 3.05) is 13.1 Å². The summed E-state index contributed by atoms with van der Waals surface area (Å²) >= 11 is 0. The molecule has 0 spiro atoms. The van der Waals surface area contributed by atoms with Gasteiger partial charge in [0.15, 0.2) is 0 Å². The Hall–Kier alpha value is -0.860. The molecule has 0 amide bonds. The first-order chi connectivity index (χ1) is 9.65. The van der Waals surface area contributed by atoms with E-state index in [1.165, 1.54) is 55.3 Å². The van der Waals surface area contributed by atoms with Crippen molar-refractivity contribution in [2.45, 2.75) is 65.0 Å². The van der Waals surface area contributed by atoms with Crippen LogP contribution >= 0.6 is 0 Å². The molecule has 1 aromatic rings. The highest BCUT2D eigenvalue weighted by Gasteiger charge is 2.28. The molecule has 1 heterocycles. The molecular weight excluding hydrogens is 244 g/mol. The van der Waals surface area contributed by atoms with Crippen LogP contribution in [0.5, 0.6) is 0 Å². The summed E-state index contributed by atoms with van der Waals surface area (Å²) in [6.07, 6.45) is 6.62. The SMILES string of the molecule is CCCC1CCCCN1C(CN)c1cc(C)cc(C)c1. The molecule has 20 heavy (non-hydrogen) atoms. The van der Waals surface area contributed by atoms with Gasteiger partial charge in [0.1, 0.15) is 0 Å². The first-order valence-corrected chi connectivity index (χ1v) is 8.19. The molecule has 0 saturated carbocycles. The molecular formula is C18H30N2. The van der Waals surface area contributed by atoms with Crippen LogP contribution in [0.4, 0.5) is 0 Å². The molecule has 1 aliphatic heterocycles. The summed E-state index contributed by atoms with van der Waals surface area (Å²) in [4.78, 5) is 2.68. The number of likely N-dealkylation sites (tertiary alicyclic amines) is 1. The molecule has 0 bridgehead atoms. The van der Waals surface area contributed by atoms with Gasteiger partial charge in [-0.3, -0.25) is 4.90 Å². The molecule has 1 saturated heterocycles. The van der Waals surface area contributed by atoms with E-state index in [1.54, 1.807) is 0 Å². The average Bonchev–Trinajstić information content (AvgIpc) is 2.41. The van der Waals surface area contributed by atoms with Crippen molar-refractivity contribution in [2.24, 2.45) is 5.73 Å². The number of nitrogens with two attached hydrogens (primary N) is 1. The second-order valence-electron chi connectivity index (χ2n) is 6.35. The van der Waals surface area contributed by atoms with Crippen molar-refractivity contribution in [1.82, 2.24) is 4.90 Å². The quantitative estimate of drug-likeness (QED) is 0.880. The first kappa shape index (κ1) is 15.5. The molecule has 0 aromatic heterocycles. The van der Waals surface area contributed by atoms with Crippen LogP contribution in [-0.4, -0.2) is 24.0 Å². The molecule has 2 nitrogen and oxygen atoms in total. The zero-order valence-electron chi connectivity index (χ0n) is 13.4. The molecule has 0 aliphatic carbocycles. The van der Waals surface area contributed by atoms with Gasteiger partial charge >= 0.3 is 0 Å². The van der Waals surface area contributed by atoms with Crippen molar-refractivity contribution in [1.29, 1.82) is 0 Å². The maximum atomic E-state index is 6.15. The highest BCUT2D eigenvalue weighted by atomic mass is 15.2. The van der Waals surface area contributed by atoms with Crippen LogP contribution < -0.4 is 5.73 Å². The van der Waals surface area contributed by atoms with E-state index in [4.69, 9.17) is 5.73 Å². The molecule has 0 radical (unpaired) electrons. The van der Waals surface area contributed by atoms with Crippen LogP contribution in [0.25, 0.3) is 0 Å². The number of rotatable bonds is 5. The zero-order chi connectivity index (χ0) is 14.5. The Bertz CT molecular complexity index is 405. The van der Waals surface area contributed by atoms with Gasteiger partial charge in [-0.2, -0.15) is 0 Å². The smallest absolute Gasteiger partial charge is 0.0473 e. The lowest BCUT2D eigenvalue weighted by Crippen LogP contribution is -2.44. The Morgan fingerprint density at radius 1 is 1.20 bits per heavy atom. The third-order valence-electron chi connectivity index (χ3n) is 4.55. The Kier molecular flexibility index (Phi) is 5.62. The number of nitrogens with zero attached hydrogens (tertiary/aromatic N) is 1. The minimum absolute atomic E-state index is 0.394. The van der Waals surface area contributed by atoms with Gasteiger partial charge < -0.3 is 5.73 Å². The Balaban J connectivity index is 2.24. The normalized spacial score (nSPS) is 21.9. The molecule has 2 N–H and O–H groups in total. The third-order valence-corrected chi connectivity index (χ3v) is 4.55. The average molecular weight is 274 g/mol. The van der Waals surface area contributed by atoms with Gasteiger partial charge in [0.25, 0.3) is 0 Å². The van der Waals surface area contributed by atoms with Crippen LogP contribution in [-0.2, 0) is 0 Å². The van der Waals surface area contributed by atoms with Crippen LogP contribution in [0, 0.1) is 13.8 Å². The van der Waals surface area contributed by atoms with Gasteiger partial charge in [-0.15, -0.1) is 0 Å². The summed E-state index contributed by atoms with van der Waals surface area (Å²) in [5.74, 6) is 0. The summed E-state index contributed by atoms with van der Waals surface area (Å²) in [5.41, 5.74) is 10.3. The zero-order valence-corrected chi connectivity index (χ0v) is 13.4. The highest BCUT2D eigenvalue weighted by molar-refractivity contribution is 5.31. The fourth-order valence-electron chi connectivity index (χ4n) is 3.74. The monoisotopic (exact) mass is 274 g/mol. The maximum Gasteiger partial charge on any atom is 0.0473 e. The van der Waals surface area contributed by atoms with E-state index in [0.29, 0.717) is 6.04 Å². The minimum Gasteiger partial charge on any atom is -0.329 e. The lowest BCUT2D eigenvalue weighted by atomic mass is 9.92. The second-order valence-corrected chi connectivity index (χ2v) is 6.35. The van der Waals surface area contributed by atoms with Crippen LogP contribution in [0.1, 0.15) is 61.8 Å². The fourth-order valence-corrected chi connectivity index (χ4v) is 3.74. The van der Waals surface area contributed by atoms with Crippen molar-refractivity contribution >= 4 is 0 Å². The van der Waals surface area contributed by atoms with Crippen molar-refractivity contribution in [3.63, 3.8) is 0 Å². The molecule has 1 aromatic carbocycles. The van der Waals surface area contributed by atoms with Gasteiger partial charge in [0, 0.05) is 18.6 Å². The molecule has 2 rings (SSSR count). The van der Waals surface area contributed by atoms with Gasteiger partial charge in [-0.05, 0) is 45.2 Å². The third kappa shape index (κ3) is 3.62. The molecule has 112 valence electrons. The van der Waals surface area contributed by atoms with Gasteiger partial charge in [0.05, 0.1) is 0 Å². The van der Waals surface area contributed by atoms with Crippen molar-refractivity contribution in [3.8, 4) is 0 Å². The predicted octanol–water partition coefficient (Wildman–Crippen LogP) is 3.96. The standard InChI is InChI=1S/C18H30N2/c1-4-7-17-8-5-6-9-20(17)18(13-19)16-11-14(2)10-15(3)12-16/h10-12,17-18H,4-9,13,19H2,1-3H3. The summed E-state index contributed by atoms with van der Waals surface area (Å²) in [5, 5.41) is 0. The first-order valence-electron chi connectivity index (χ1n) is 8.19. The summed E-state index contributed by atoms with van der Waals surface area (Å²) < 4.78 is 0. The number of piperidine rings is 1. The number of aryl methyl sites for hydroxylation is 2. The van der Waals surface area contributed by atoms with E-state index in [2.05, 4.69) is 43.9 Å². The topological polar surface area (TPSA) is 29.3 Å². The van der Waals surface area contributed by atoms with Gasteiger partial charge in [-0.1, -0.05) is 49.1 Å². The van der Waals surface area contributed by atoms with E-state index >= 15 is 0 Å². The Morgan fingerprint density at radius 3 is 2.50 bits per heavy atom. The van der Waals surface area contributed by atoms with Gasteiger partial charge in [-0.25, -0.2) is 0 Å². The second kappa shape index (κ2) is 7.24. The Morgan fingerprint density at radius 2 is 1.90 bits per heavy atom. The molecule has 2 heteroatoms. The Labute approximate surface area is 124 Å². The predicted molar refractivity (Wildman–Crippen MR) is 87.0 cm³/mol. The highest BCUT2D eigenvalue weighted by Crippen LogP contribution is 2.31. The molecule has 1 aliphatic rings. The summed E-state index contributed by atoms with van der Waals surface area (Å²) in [6, 6.07) is 8.01. The minimum atomic E-state index is 0.394. The molecule has 2 atom stereocenters. The van der Waals surface area contributed by atoms with E-state index in [0.717, 1.165) is 12.6 Å². The molecule has 2 unspecified atom stereocenters. The largest absolute Gasteiger partial charge is 0.329 e. The van der Waals surface area contributed by atoms with Crippen LogP contribution in [0.2, 0.25) is 0 Å². The van der Waals surface area contributed by atoms with E-state index < -0.39 is 0 Å². The van der Waals surface area contributed by atoms with E-state index in [1.807, 2.05) is 0 Å². The van der Waals surface area contributed by atoms with Crippen molar-refractivity contribution < 1.29 is 0 Å². The van der Waals surface area contributed by atoms with Crippen LogP contribution in [0.15, 0.2) is 18.2 Å². The lowest BCUT2D eigenvalue weighted by Gasteiger charge is -2.41. The number of hydrogen-bond donors (Lipinski definition) is 1. The van der Waals surface area contributed by atoms with Crippen molar-refractivity contribution in [3.05, 3.63) is 34.9 Å². The van der Waals surface area contributed by atoms with Gasteiger partial charge in [0.2, 0.25) is 0 Å². The number of benzene rings is 1.